The van der Waals surface area contributed by atoms with Gasteiger partial charge in [0.1, 0.15) is 17.3 Å². The molecule has 1 N–H and O–H groups in total. The molecule has 132 valence electrons. The average Bonchev–Trinajstić information content (AvgIpc) is 2.96. The Labute approximate surface area is 161 Å². The lowest BCUT2D eigenvalue weighted by atomic mass is 10.1. The molecular formula is C17H19ClN3O2S2+. The number of ether oxygens (including phenoxy) is 1. The lowest BCUT2D eigenvalue weighted by Crippen LogP contribution is -3.06. The Morgan fingerprint density at radius 2 is 2.24 bits per heavy atom. The van der Waals surface area contributed by atoms with Crippen LogP contribution < -0.4 is 4.90 Å². The number of hydrogen-bond acceptors (Lipinski definition) is 5. The lowest BCUT2D eigenvalue weighted by Gasteiger charge is -2.19. The molecule has 0 amide bonds. The highest BCUT2D eigenvalue weighted by atomic mass is 35.5. The number of nitriles is 1. The Bertz CT molecular complexity index is 883. The van der Waals surface area contributed by atoms with Gasteiger partial charge in [-0.3, -0.25) is 4.57 Å². The van der Waals surface area contributed by atoms with Crippen molar-refractivity contribution in [3.8, 4) is 6.07 Å². The van der Waals surface area contributed by atoms with Crippen LogP contribution in [0, 0.1) is 22.9 Å². The Morgan fingerprint density at radius 3 is 2.80 bits per heavy atom. The summed E-state index contributed by atoms with van der Waals surface area (Å²) < 4.78 is 8.10. The summed E-state index contributed by atoms with van der Waals surface area (Å²) in [6, 6.07) is 7.46. The van der Waals surface area contributed by atoms with Crippen molar-refractivity contribution in [2.75, 3.05) is 13.7 Å². The Morgan fingerprint density at radius 1 is 1.52 bits per heavy atom. The number of pyridine rings is 1. The smallest absolute Gasteiger partial charge is 0.339 e. The minimum atomic E-state index is -0.442. The molecule has 1 unspecified atom stereocenters. The number of carbonyl (C=O) groups excluding carboxylic acids is 1. The molecule has 0 aliphatic rings. The maximum absolute atomic E-state index is 12.2. The molecule has 2 aromatic heterocycles. The van der Waals surface area contributed by atoms with Gasteiger partial charge in [-0.25, -0.2) is 4.79 Å². The van der Waals surface area contributed by atoms with E-state index >= 15 is 0 Å². The van der Waals surface area contributed by atoms with E-state index in [2.05, 4.69) is 6.07 Å². The van der Waals surface area contributed by atoms with Gasteiger partial charge in [-0.1, -0.05) is 23.8 Å². The highest BCUT2D eigenvalue weighted by molar-refractivity contribution is 7.71. The SMILES string of the molecule is CCOC(=O)c1cc(C#N)c(=S)n(C[NH+](C)Cc2ccc(Cl)s2)c1C. The molecule has 0 spiro atoms. The van der Waals surface area contributed by atoms with E-state index in [1.165, 1.54) is 6.07 Å². The third-order valence-corrected chi connectivity index (χ3v) is 5.38. The van der Waals surface area contributed by atoms with Gasteiger partial charge >= 0.3 is 5.97 Å². The van der Waals surface area contributed by atoms with Gasteiger partial charge in [-0.2, -0.15) is 5.26 Å². The van der Waals surface area contributed by atoms with Crippen LogP contribution >= 0.6 is 35.2 Å². The van der Waals surface area contributed by atoms with Crippen LogP contribution in [-0.4, -0.2) is 24.2 Å². The van der Waals surface area contributed by atoms with Crippen molar-refractivity contribution in [2.45, 2.75) is 27.1 Å². The predicted molar refractivity (Wildman–Crippen MR) is 101 cm³/mol. The van der Waals surface area contributed by atoms with Crippen LogP contribution in [0.1, 0.15) is 33.4 Å². The zero-order valence-electron chi connectivity index (χ0n) is 14.3. The summed E-state index contributed by atoms with van der Waals surface area (Å²) in [5, 5.41) is 9.34. The molecular weight excluding hydrogens is 378 g/mol. The molecule has 8 heteroatoms. The first-order valence-electron chi connectivity index (χ1n) is 7.74. The van der Waals surface area contributed by atoms with Crippen LogP contribution in [0.2, 0.25) is 4.34 Å². The van der Waals surface area contributed by atoms with Crippen LogP contribution in [0.15, 0.2) is 18.2 Å². The molecule has 0 saturated carbocycles. The number of nitrogens with zero attached hydrogens (tertiary/aromatic N) is 2. The van der Waals surface area contributed by atoms with Crippen molar-refractivity contribution < 1.29 is 14.4 Å². The van der Waals surface area contributed by atoms with E-state index in [-0.39, 0.29) is 6.61 Å². The van der Waals surface area contributed by atoms with Crippen molar-refractivity contribution in [3.05, 3.63) is 48.9 Å². The topological polar surface area (TPSA) is 59.5 Å². The summed E-state index contributed by atoms with van der Waals surface area (Å²) in [5.74, 6) is -0.442. The van der Waals surface area contributed by atoms with Gasteiger partial charge < -0.3 is 9.64 Å². The van der Waals surface area contributed by atoms with Crippen molar-refractivity contribution in [1.29, 1.82) is 5.26 Å². The van der Waals surface area contributed by atoms with Crippen molar-refractivity contribution in [2.24, 2.45) is 0 Å². The van der Waals surface area contributed by atoms with Gasteiger partial charge in [-0.15, -0.1) is 11.3 Å². The normalized spacial score (nSPS) is 11.8. The first kappa shape index (κ1) is 19.6. The quantitative estimate of drug-likeness (QED) is 0.602. The minimum Gasteiger partial charge on any atom is -0.462 e. The minimum absolute atomic E-state index is 0.278. The summed E-state index contributed by atoms with van der Waals surface area (Å²) in [4.78, 5) is 14.5. The number of carbonyl (C=O) groups is 1. The zero-order chi connectivity index (χ0) is 18.6. The first-order chi connectivity index (χ1) is 11.9. The Balaban J connectivity index is 2.35. The lowest BCUT2D eigenvalue weighted by molar-refractivity contribution is -0.916. The molecule has 2 rings (SSSR count). The number of rotatable bonds is 6. The highest BCUT2D eigenvalue weighted by Crippen LogP contribution is 2.20. The Kier molecular flexibility index (Phi) is 6.73. The van der Waals surface area contributed by atoms with Crippen LogP contribution in [0.25, 0.3) is 0 Å². The standard InChI is InChI=1S/C17H18ClN3O2S2/c1-4-23-17(22)14-7-12(8-19)16(24)21(11(14)2)10-20(3)9-13-5-6-15(18)25-13/h5-7H,4,9-10H2,1-3H3/p+1. The molecule has 1 atom stereocenters. The van der Waals surface area contributed by atoms with Gasteiger partial charge in [-0.05, 0) is 32.0 Å². The van der Waals surface area contributed by atoms with Gasteiger partial charge in [0.25, 0.3) is 0 Å². The monoisotopic (exact) mass is 396 g/mol. The number of nitrogens with one attached hydrogen (secondary N) is 1. The fourth-order valence-electron chi connectivity index (χ4n) is 2.51. The van der Waals surface area contributed by atoms with E-state index in [0.29, 0.717) is 28.1 Å². The second kappa shape index (κ2) is 8.59. The molecule has 0 aromatic carbocycles. The van der Waals surface area contributed by atoms with Crippen LogP contribution in [-0.2, 0) is 18.0 Å². The molecule has 0 aliphatic heterocycles. The molecule has 0 aliphatic carbocycles. The van der Waals surface area contributed by atoms with Gasteiger partial charge in [0.05, 0.1) is 34.0 Å². The summed E-state index contributed by atoms with van der Waals surface area (Å²) >= 11 is 13.0. The Hall–Kier alpha value is -1.72. The maximum Gasteiger partial charge on any atom is 0.339 e. The summed E-state index contributed by atoms with van der Waals surface area (Å²) in [5.41, 5.74) is 1.38. The molecule has 0 radical (unpaired) electrons. The highest BCUT2D eigenvalue weighted by Gasteiger charge is 2.18. The fraction of sp³-hybridized carbons (Fsp3) is 0.353. The number of esters is 1. The molecule has 2 aromatic rings. The average molecular weight is 397 g/mol. The predicted octanol–water partition coefficient (Wildman–Crippen LogP) is 2.96. The van der Waals surface area contributed by atoms with E-state index in [0.717, 1.165) is 20.7 Å². The van der Waals surface area contributed by atoms with E-state index in [1.54, 1.807) is 18.3 Å². The van der Waals surface area contributed by atoms with Crippen molar-refractivity contribution >= 4 is 41.1 Å². The number of aromatic nitrogens is 1. The molecule has 0 bridgehead atoms. The van der Waals surface area contributed by atoms with Crippen molar-refractivity contribution in [3.63, 3.8) is 0 Å². The summed E-state index contributed by atoms with van der Waals surface area (Å²) in [6.07, 6.45) is 0. The maximum atomic E-state index is 12.2. The second-order valence-corrected chi connectivity index (χ2v) is 7.81. The van der Waals surface area contributed by atoms with E-state index in [1.807, 2.05) is 30.7 Å². The van der Waals surface area contributed by atoms with Crippen LogP contribution in [0.5, 0.6) is 0 Å². The van der Waals surface area contributed by atoms with Gasteiger partial charge in [0.2, 0.25) is 0 Å². The van der Waals surface area contributed by atoms with E-state index < -0.39 is 5.97 Å². The van der Waals surface area contributed by atoms with Crippen LogP contribution in [0.4, 0.5) is 0 Å². The summed E-state index contributed by atoms with van der Waals surface area (Å²) in [7, 11) is 2.03. The van der Waals surface area contributed by atoms with Crippen molar-refractivity contribution in [1.82, 2.24) is 4.57 Å². The molecule has 0 saturated heterocycles. The summed E-state index contributed by atoms with van der Waals surface area (Å²) in [6.45, 7) is 5.14. The number of quaternary nitrogens is 1. The number of hydrogen-bond donors (Lipinski definition) is 1. The molecule has 0 fully saturated rings. The third-order valence-electron chi connectivity index (χ3n) is 3.71. The first-order valence-corrected chi connectivity index (χ1v) is 9.34. The number of thiophene rings is 1. The molecule has 2 heterocycles. The molecule has 25 heavy (non-hydrogen) atoms. The van der Waals surface area contributed by atoms with Gasteiger partial charge in [0, 0.05) is 5.69 Å². The second-order valence-electron chi connectivity index (χ2n) is 5.62. The third kappa shape index (κ3) is 4.67. The largest absolute Gasteiger partial charge is 0.462 e. The number of halogens is 1. The fourth-order valence-corrected chi connectivity index (χ4v) is 4.02. The molecule has 5 nitrogen and oxygen atoms in total. The van der Waals surface area contributed by atoms with E-state index in [9.17, 15) is 10.1 Å². The zero-order valence-corrected chi connectivity index (χ0v) is 16.6. The van der Waals surface area contributed by atoms with Gasteiger partial charge in [0.15, 0.2) is 6.67 Å². The van der Waals surface area contributed by atoms with Crippen LogP contribution in [0.3, 0.4) is 0 Å². The van der Waals surface area contributed by atoms with E-state index in [4.69, 9.17) is 28.6 Å².